The van der Waals surface area contributed by atoms with Crippen LogP contribution in [0.15, 0.2) is 29.2 Å². The van der Waals surface area contributed by atoms with E-state index in [0.717, 1.165) is 17.3 Å². The van der Waals surface area contributed by atoms with Crippen molar-refractivity contribution in [3.8, 4) is 0 Å². The summed E-state index contributed by atoms with van der Waals surface area (Å²) in [6, 6.07) is 7.37. The van der Waals surface area contributed by atoms with E-state index in [2.05, 4.69) is 5.32 Å². The first-order valence-electron chi connectivity index (χ1n) is 6.48. The number of halogens is 3. The number of hydrogen-bond acceptors (Lipinski definition) is 3. The molecular weight excluding hydrogens is 287 g/mol. The van der Waals surface area contributed by atoms with Crippen molar-refractivity contribution in [2.75, 3.05) is 12.4 Å². The molecule has 0 spiro atoms. The molecule has 0 aliphatic heterocycles. The zero-order valence-corrected chi connectivity index (χ0v) is 12.4. The van der Waals surface area contributed by atoms with Gasteiger partial charge in [0.05, 0.1) is 5.75 Å². The fourth-order valence-corrected chi connectivity index (χ4v) is 2.48. The highest BCUT2D eigenvalue weighted by Crippen LogP contribution is 2.28. The van der Waals surface area contributed by atoms with E-state index in [1.54, 1.807) is 12.1 Å². The van der Waals surface area contributed by atoms with Crippen molar-refractivity contribution in [2.45, 2.75) is 43.4 Å². The Morgan fingerprint density at radius 1 is 1.20 bits per heavy atom. The van der Waals surface area contributed by atoms with Gasteiger partial charge in [0, 0.05) is 23.6 Å². The number of benzene rings is 1. The molecule has 0 radical (unpaired) electrons. The van der Waals surface area contributed by atoms with Crippen LogP contribution < -0.4 is 5.32 Å². The molecule has 20 heavy (non-hydrogen) atoms. The molecule has 0 aliphatic rings. The molecule has 6 heteroatoms. The second kappa shape index (κ2) is 7.90. The van der Waals surface area contributed by atoms with Crippen LogP contribution in [0, 0.1) is 0 Å². The van der Waals surface area contributed by atoms with Crippen LogP contribution >= 0.6 is 11.8 Å². The Morgan fingerprint density at radius 2 is 1.80 bits per heavy atom. The van der Waals surface area contributed by atoms with Crippen molar-refractivity contribution >= 4 is 11.8 Å². The molecule has 1 aromatic rings. The molecule has 1 unspecified atom stereocenters. The Kier molecular flexibility index (Phi) is 6.85. The smallest absolute Gasteiger partial charge is 0.396 e. The van der Waals surface area contributed by atoms with Gasteiger partial charge in [0.1, 0.15) is 0 Å². The quantitative estimate of drug-likeness (QED) is 0.752. The van der Waals surface area contributed by atoms with Gasteiger partial charge in [0.25, 0.3) is 0 Å². The van der Waals surface area contributed by atoms with E-state index in [4.69, 9.17) is 5.11 Å². The normalized spacial score (nSPS) is 15.1. The number of aliphatic hydroxyl groups excluding tert-OH is 1. The van der Waals surface area contributed by atoms with E-state index in [1.165, 1.54) is 0 Å². The van der Waals surface area contributed by atoms with Gasteiger partial charge in [0.15, 0.2) is 0 Å². The van der Waals surface area contributed by atoms with E-state index < -0.39 is 11.9 Å². The number of alkyl halides is 3. The van der Waals surface area contributed by atoms with Crippen molar-refractivity contribution in [2.24, 2.45) is 0 Å². The van der Waals surface area contributed by atoms with E-state index in [9.17, 15) is 13.2 Å². The van der Waals surface area contributed by atoms with Gasteiger partial charge in [-0.05, 0) is 38.0 Å². The predicted octanol–water partition coefficient (Wildman–Crippen LogP) is 3.76. The average Bonchev–Trinajstić information content (AvgIpc) is 2.36. The van der Waals surface area contributed by atoms with Gasteiger partial charge in [-0.1, -0.05) is 12.1 Å². The lowest BCUT2D eigenvalue weighted by Gasteiger charge is -2.20. The van der Waals surface area contributed by atoms with Crippen LogP contribution in [0.4, 0.5) is 13.2 Å². The van der Waals surface area contributed by atoms with Crippen LogP contribution in [-0.4, -0.2) is 29.7 Å². The lowest BCUT2D eigenvalue weighted by atomic mass is 10.1. The molecule has 2 atom stereocenters. The monoisotopic (exact) mass is 307 g/mol. The number of aliphatic hydroxyl groups is 1. The largest absolute Gasteiger partial charge is 0.398 e. The SMILES string of the molecule is CC(N[C@H](C)CCO)c1ccc(SCC(F)(F)F)cc1. The Morgan fingerprint density at radius 3 is 2.30 bits per heavy atom. The molecule has 0 fully saturated rings. The fourth-order valence-electron chi connectivity index (χ4n) is 1.82. The van der Waals surface area contributed by atoms with Crippen LogP contribution in [0.2, 0.25) is 0 Å². The highest BCUT2D eigenvalue weighted by molar-refractivity contribution is 7.99. The Hall–Kier alpha value is -0.720. The fraction of sp³-hybridized carbons (Fsp3) is 0.571. The maximum absolute atomic E-state index is 12.1. The predicted molar refractivity (Wildman–Crippen MR) is 75.9 cm³/mol. The van der Waals surface area contributed by atoms with Crippen molar-refractivity contribution < 1.29 is 18.3 Å². The first-order valence-corrected chi connectivity index (χ1v) is 7.47. The Bertz CT molecular complexity index is 394. The van der Waals surface area contributed by atoms with E-state index in [1.807, 2.05) is 26.0 Å². The second-order valence-corrected chi connectivity index (χ2v) is 5.82. The first-order chi connectivity index (χ1) is 9.31. The van der Waals surface area contributed by atoms with Crippen LogP contribution in [0.25, 0.3) is 0 Å². The summed E-state index contributed by atoms with van der Waals surface area (Å²) >= 11 is 0.791. The van der Waals surface area contributed by atoms with Crippen molar-refractivity contribution in [1.82, 2.24) is 5.32 Å². The molecule has 0 bridgehead atoms. The van der Waals surface area contributed by atoms with E-state index in [-0.39, 0.29) is 18.7 Å². The van der Waals surface area contributed by atoms with Crippen LogP contribution in [-0.2, 0) is 0 Å². The molecule has 2 N–H and O–H groups in total. The average molecular weight is 307 g/mol. The van der Waals surface area contributed by atoms with Gasteiger partial charge in [0.2, 0.25) is 0 Å². The molecule has 1 rings (SSSR count). The minimum atomic E-state index is -4.14. The van der Waals surface area contributed by atoms with Gasteiger partial charge < -0.3 is 10.4 Å². The number of hydrogen-bond donors (Lipinski definition) is 2. The summed E-state index contributed by atoms with van der Waals surface area (Å²) < 4.78 is 36.3. The van der Waals surface area contributed by atoms with Gasteiger partial charge in [-0.25, -0.2) is 0 Å². The number of rotatable bonds is 7. The molecule has 0 aromatic heterocycles. The third-order valence-electron chi connectivity index (χ3n) is 2.88. The van der Waals surface area contributed by atoms with Crippen molar-refractivity contribution in [3.63, 3.8) is 0 Å². The highest BCUT2D eigenvalue weighted by atomic mass is 32.2. The van der Waals surface area contributed by atoms with Crippen LogP contribution in [0.3, 0.4) is 0 Å². The maximum Gasteiger partial charge on any atom is 0.398 e. The van der Waals surface area contributed by atoms with E-state index >= 15 is 0 Å². The zero-order valence-electron chi connectivity index (χ0n) is 11.6. The molecule has 0 saturated carbocycles. The van der Waals surface area contributed by atoms with Gasteiger partial charge in [-0.2, -0.15) is 13.2 Å². The lowest BCUT2D eigenvalue weighted by molar-refractivity contribution is -0.105. The van der Waals surface area contributed by atoms with Crippen LogP contribution in [0.1, 0.15) is 31.9 Å². The van der Waals surface area contributed by atoms with Crippen molar-refractivity contribution in [1.29, 1.82) is 0 Å². The third-order valence-corrected chi connectivity index (χ3v) is 3.96. The summed E-state index contributed by atoms with van der Waals surface area (Å²) in [5.74, 6) is -0.867. The molecule has 114 valence electrons. The molecular formula is C14H20F3NOS. The first kappa shape index (κ1) is 17.3. The minimum Gasteiger partial charge on any atom is -0.396 e. The molecule has 0 amide bonds. The molecule has 0 saturated heterocycles. The Labute approximate surface area is 121 Å². The number of thioether (sulfide) groups is 1. The molecule has 1 aromatic carbocycles. The second-order valence-electron chi connectivity index (χ2n) is 4.77. The summed E-state index contributed by atoms with van der Waals surface area (Å²) in [6.07, 6.45) is -3.47. The molecule has 0 aliphatic carbocycles. The molecule has 2 nitrogen and oxygen atoms in total. The maximum atomic E-state index is 12.1. The third kappa shape index (κ3) is 6.63. The number of nitrogens with one attached hydrogen (secondary N) is 1. The summed E-state index contributed by atoms with van der Waals surface area (Å²) in [5.41, 5.74) is 1.02. The topological polar surface area (TPSA) is 32.3 Å². The minimum absolute atomic E-state index is 0.0956. The highest BCUT2D eigenvalue weighted by Gasteiger charge is 2.27. The summed E-state index contributed by atoms with van der Waals surface area (Å²) in [7, 11) is 0. The van der Waals surface area contributed by atoms with Crippen LogP contribution in [0.5, 0.6) is 0 Å². The lowest BCUT2D eigenvalue weighted by Crippen LogP contribution is -2.29. The summed E-state index contributed by atoms with van der Waals surface area (Å²) in [6.45, 7) is 4.11. The van der Waals surface area contributed by atoms with Gasteiger partial charge in [-0.15, -0.1) is 11.8 Å². The zero-order chi connectivity index (χ0) is 15.2. The Balaban J connectivity index is 2.53. The summed E-state index contributed by atoms with van der Waals surface area (Å²) in [4.78, 5) is 0.613. The van der Waals surface area contributed by atoms with Crippen molar-refractivity contribution in [3.05, 3.63) is 29.8 Å². The van der Waals surface area contributed by atoms with Gasteiger partial charge in [-0.3, -0.25) is 0 Å². The summed E-state index contributed by atoms with van der Waals surface area (Å²) in [5, 5.41) is 12.2. The standard InChI is InChI=1S/C14H20F3NOS/c1-10(7-8-19)18-11(2)12-3-5-13(6-4-12)20-9-14(15,16)17/h3-6,10-11,18-19H,7-9H2,1-2H3/t10-,11?/m1/s1. The van der Waals surface area contributed by atoms with E-state index in [0.29, 0.717) is 11.3 Å². The van der Waals surface area contributed by atoms with Gasteiger partial charge >= 0.3 is 6.18 Å². The molecule has 0 heterocycles.